The van der Waals surface area contributed by atoms with Crippen LogP contribution in [0.4, 0.5) is 11.4 Å². The van der Waals surface area contributed by atoms with Crippen LogP contribution >= 0.6 is 12.2 Å². The molecule has 0 saturated carbocycles. The molecule has 0 bridgehead atoms. The first-order chi connectivity index (χ1) is 17.5. The number of hydrogen-bond donors (Lipinski definition) is 1. The zero-order valence-corrected chi connectivity index (χ0v) is 20.5. The van der Waals surface area contributed by atoms with Crippen LogP contribution in [-0.4, -0.2) is 41.3 Å². The summed E-state index contributed by atoms with van der Waals surface area (Å²) in [4.78, 5) is 29.9. The van der Waals surface area contributed by atoms with Crippen molar-refractivity contribution in [3.63, 3.8) is 0 Å². The van der Waals surface area contributed by atoms with Gasteiger partial charge in [0.05, 0.1) is 18.7 Å². The van der Waals surface area contributed by atoms with Crippen LogP contribution < -0.4 is 24.4 Å². The van der Waals surface area contributed by atoms with Gasteiger partial charge in [0.1, 0.15) is 11.8 Å². The average molecular weight is 504 g/mol. The molecule has 3 aromatic rings. The summed E-state index contributed by atoms with van der Waals surface area (Å²) < 4.78 is 16.4. The number of para-hydroxylation sites is 1. The molecular weight excluding hydrogens is 478 g/mol. The number of nitrogens with zero attached hydrogens (tertiary/aromatic N) is 2. The summed E-state index contributed by atoms with van der Waals surface area (Å²) in [7, 11) is 0. The minimum Gasteiger partial charge on any atom is -0.494 e. The number of rotatable bonds is 8. The van der Waals surface area contributed by atoms with Crippen LogP contribution in [0.25, 0.3) is 0 Å². The lowest BCUT2D eigenvalue weighted by Crippen LogP contribution is -2.37. The Kier molecular flexibility index (Phi) is 6.73. The Labute approximate surface area is 214 Å². The van der Waals surface area contributed by atoms with Crippen molar-refractivity contribution in [2.75, 3.05) is 23.6 Å². The van der Waals surface area contributed by atoms with Gasteiger partial charge in [-0.3, -0.25) is 14.5 Å². The standard InChI is InChI=1S/C27H25N3O5S/c1-2-33-21-11-9-19(10-12-21)28-25(31)15-22-26(32)30(20-6-4-3-5-7-20)27(36)29(22)16-18-8-13-23-24(14-18)35-17-34-23/h3-14,22H,2,15-17H2,1H3,(H,28,31)/t22-/m0/s1. The van der Waals surface area contributed by atoms with Crippen molar-refractivity contribution >= 4 is 40.5 Å². The number of ether oxygens (including phenoxy) is 3. The SMILES string of the molecule is CCOc1ccc(NC(=O)C[C@H]2C(=O)N(c3ccccc3)C(=S)N2Cc2ccc3c(c2)OCO3)cc1. The second kappa shape index (κ2) is 10.2. The maximum atomic E-state index is 13.6. The molecule has 0 aliphatic carbocycles. The molecular formula is C27H25N3O5S. The fourth-order valence-corrected chi connectivity index (χ4v) is 4.64. The normalized spacial score (nSPS) is 16.4. The summed E-state index contributed by atoms with van der Waals surface area (Å²) >= 11 is 5.75. The number of thiocarbonyl (C=S) groups is 1. The van der Waals surface area contributed by atoms with Gasteiger partial charge in [-0.15, -0.1) is 0 Å². The van der Waals surface area contributed by atoms with E-state index in [1.165, 1.54) is 4.90 Å². The molecule has 0 unspecified atom stereocenters. The maximum Gasteiger partial charge on any atom is 0.256 e. The van der Waals surface area contributed by atoms with Gasteiger partial charge in [0.25, 0.3) is 5.91 Å². The molecule has 0 radical (unpaired) electrons. The van der Waals surface area contributed by atoms with E-state index in [2.05, 4.69) is 5.32 Å². The molecule has 2 amide bonds. The number of carbonyl (C=O) groups is 2. The van der Waals surface area contributed by atoms with Crippen molar-refractivity contribution in [2.45, 2.75) is 25.9 Å². The molecule has 1 saturated heterocycles. The van der Waals surface area contributed by atoms with E-state index >= 15 is 0 Å². The van der Waals surface area contributed by atoms with Crippen molar-refractivity contribution in [3.05, 3.63) is 78.4 Å². The lowest BCUT2D eigenvalue weighted by atomic mass is 10.1. The van der Waals surface area contributed by atoms with Gasteiger partial charge in [0.2, 0.25) is 12.7 Å². The Morgan fingerprint density at radius 1 is 1.06 bits per heavy atom. The molecule has 0 aromatic heterocycles. The minimum atomic E-state index is -0.758. The van der Waals surface area contributed by atoms with Crippen molar-refractivity contribution < 1.29 is 23.8 Å². The Morgan fingerprint density at radius 2 is 1.81 bits per heavy atom. The summed E-state index contributed by atoms with van der Waals surface area (Å²) in [5.74, 6) is 1.52. The number of anilines is 2. The first kappa shape index (κ1) is 23.6. The number of nitrogens with one attached hydrogen (secondary N) is 1. The molecule has 8 nitrogen and oxygen atoms in total. The van der Waals surface area contributed by atoms with Gasteiger partial charge in [-0.2, -0.15) is 0 Å². The number of carbonyl (C=O) groups excluding carboxylic acids is 2. The van der Waals surface area contributed by atoms with Crippen molar-refractivity contribution in [1.29, 1.82) is 0 Å². The van der Waals surface area contributed by atoms with Gasteiger partial charge < -0.3 is 24.4 Å². The molecule has 1 atom stereocenters. The van der Waals surface area contributed by atoms with Gasteiger partial charge in [-0.25, -0.2) is 0 Å². The van der Waals surface area contributed by atoms with Crippen LogP contribution in [-0.2, 0) is 16.1 Å². The smallest absolute Gasteiger partial charge is 0.256 e. The summed E-state index contributed by atoms with van der Waals surface area (Å²) in [5.41, 5.74) is 2.18. The first-order valence-corrected chi connectivity index (χ1v) is 12.0. The predicted octanol–water partition coefficient (Wildman–Crippen LogP) is 4.35. The number of fused-ring (bicyclic) bond motifs is 1. The molecule has 3 aromatic carbocycles. The van der Waals surface area contributed by atoms with E-state index in [0.29, 0.717) is 41.1 Å². The lowest BCUT2D eigenvalue weighted by Gasteiger charge is -2.24. The van der Waals surface area contributed by atoms with E-state index < -0.39 is 6.04 Å². The lowest BCUT2D eigenvalue weighted by molar-refractivity contribution is -0.124. The number of hydrogen-bond acceptors (Lipinski definition) is 6. The summed E-state index contributed by atoms with van der Waals surface area (Å²) in [5, 5.41) is 3.22. The highest BCUT2D eigenvalue weighted by Crippen LogP contribution is 2.34. The topological polar surface area (TPSA) is 80.3 Å². The van der Waals surface area contributed by atoms with Crippen LogP contribution in [0.15, 0.2) is 72.8 Å². The molecule has 184 valence electrons. The fourth-order valence-electron chi connectivity index (χ4n) is 4.25. The Balaban J connectivity index is 1.37. The van der Waals surface area contributed by atoms with Crippen molar-refractivity contribution in [1.82, 2.24) is 4.90 Å². The third-order valence-corrected chi connectivity index (χ3v) is 6.37. The highest BCUT2D eigenvalue weighted by molar-refractivity contribution is 7.80. The molecule has 2 heterocycles. The van der Waals surface area contributed by atoms with Gasteiger partial charge >= 0.3 is 0 Å². The largest absolute Gasteiger partial charge is 0.494 e. The Bertz CT molecular complexity index is 1280. The van der Waals surface area contributed by atoms with Gasteiger partial charge in [-0.05, 0) is 73.2 Å². The third-order valence-electron chi connectivity index (χ3n) is 5.95. The Hall–Kier alpha value is -4.11. The van der Waals surface area contributed by atoms with Crippen molar-refractivity contribution in [3.8, 4) is 17.2 Å². The molecule has 5 rings (SSSR count). The van der Waals surface area contributed by atoms with Crippen LogP contribution in [0, 0.1) is 0 Å². The van der Waals surface area contributed by atoms with E-state index in [1.807, 2.05) is 55.5 Å². The Morgan fingerprint density at radius 3 is 2.56 bits per heavy atom. The number of amides is 2. The average Bonchev–Trinajstić information content (AvgIpc) is 3.44. The second-order valence-electron chi connectivity index (χ2n) is 8.33. The molecule has 2 aliphatic heterocycles. The zero-order chi connectivity index (χ0) is 25.1. The van der Waals surface area contributed by atoms with Crippen LogP contribution in [0.2, 0.25) is 0 Å². The quantitative estimate of drug-likeness (QED) is 0.458. The summed E-state index contributed by atoms with van der Waals surface area (Å²) in [6.45, 7) is 2.99. The second-order valence-corrected chi connectivity index (χ2v) is 8.70. The maximum absolute atomic E-state index is 13.6. The zero-order valence-electron chi connectivity index (χ0n) is 19.7. The van der Waals surface area contributed by atoms with E-state index in [1.54, 1.807) is 29.2 Å². The molecule has 36 heavy (non-hydrogen) atoms. The van der Waals surface area contributed by atoms with Crippen LogP contribution in [0.5, 0.6) is 17.2 Å². The predicted molar refractivity (Wildman–Crippen MR) is 139 cm³/mol. The summed E-state index contributed by atoms with van der Waals surface area (Å²) in [6.07, 6.45) is -0.0555. The van der Waals surface area contributed by atoms with Gasteiger partial charge in [0.15, 0.2) is 16.6 Å². The summed E-state index contributed by atoms with van der Waals surface area (Å²) in [6, 6.07) is 21.2. The molecule has 2 aliphatic rings. The number of benzene rings is 3. The van der Waals surface area contributed by atoms with Crippen LogP contribution in [0.1, 0.15) is 18.9 Å². The molecule has 1 fully saturated rings. The van der Waals surface area contributed by atoms with E-state index in [9.17, 15) is 9.59 Å². The van der Waals surface area contributed by atoms with Gasteiger partial charge in [0, 0.05) is 12.2 Å². The van der Waals surface area contributed by atoms with E-state index in [-0.39, 0.29) is 25.0 Å². The molecule has 1 N–H and O–H groups in total. The van der Waals surface area contributed by atoms with E-state index in [0.717, 1.165) is 11.3 Å². The molecule has 0 spiro atoms. The monoisotopic (exact) mass is 503 g/mol. The van der Waals surface area contributed by atoms with Gasteiger partial charge in [-0.1, -0.05) is 24.3 Å². The first-order valence-electron chi connectivity index (χ1n) is 11.6. The van der Waals surface area contributed by atoms with Crippen LogP contribution in [0.3, 0.4) is 0 Å². The minimum absolute atomic E-state index is 0.0555. The fraction of sp³-hybridized carbons (Fsp3) is 0.222. The van der Waals surface area contributed by atoms with Crippen molar-refractivity contribution in [2.24, 2.45) is 0 Å². The third kappa shape index (κ3) is 4.83. The molecule has 9 heteroatoms. The highest BCUT2D eigenvalue weighted by atomic mass is 32.1. The van der Waals surface area contributed by atoms with E-state index in [4.69, 9.17) is 26.4 Å². The highest BCUT2D eigenvalue weighted by Gasteiger charge is 2.44.